The number of likely N-dealkylation sites (N-methyl/N-ethyl adjacent to an activating group) is 1. The fraction of sp³-hybridized carbons (Fsp3) is 0.478. The molecule has 2 unspecified atom stereocenters. The van der Waals surface area contributed by atoms with Gasteiger partial charge >= 0.3 is 0 Å². The Morgan fingerprint density at radius 3 is 2.52 bits per heavy atom. The molecule has 2 atom stereocenters. The molecule has 3 heterocycles. The number of nitrogens with zero attached hydrogens (tertiary/aromatic N) is 2. The Bertz CT molecular complexity index is 816. The molecule has 2 aromatic carbocycles. The van der Waals surface area contributed by atoms with Crippen LogP contribution in [0.4, 0.5) is 5.69 Å². The van der Waals surface area contributed by atoms with E-state index in [9.17, 15) is 0 Å². The van der Waals surface area contributed by atoms with Crippen molar-refractivity contribution in [1.29, 1.82) is 0 Å². The second kappa shape index (κ2) is 6.17. The standard InChI is InChI=1S/C23H28N2/c1-24-21-9-10-22(24)16-20(15-21)18-5-6-19-14-23(8-7-17(19)13-18)25-11-3-2-4-12-25/h5-8,13-15,21-22H,2-4,9-12,16H2,1H3. The lowest BCUT2D eigenvalue weighted by Crippen LogP contribution is -2.34. The first kappa shape index (κ1) is 15.5. The number of piperidine rings is 1. The summed E-state index contributed by atoms with van der Waals surface area (Å²) in [4.78, 5) is 5.11. The topological polar surface area (TPSA) is 6.48 Å². The lowest BCUT2D eigenvalue weighted by molar-refractivity contribution is 0.264. The van der Waals surface area contributed by atoms with Crippen molar-refractivity contribution in [3.63, 3.8) is 0 Å². The first-order valence-corrected chi connectivity index (χ1v) is 10.00. The van der Waals surface area contributed by atoms with Crippen molar-refractivity contribution < 1.29 is 0 Å². The maximum Gasteiger partial charge on any atom is 0.0372 e. The molecule has 0 amide bonds. The van der Waals surface area contributed by atoms with Crippen LogP contribution in [-0.2, 0) is 0 Å². The largest absolute Gasteiger partial charge is 0.372 e. The number of hydrogen-bond acceptors (Lipinski definition) is 2. The van der Waals surface area contributed by atoms with E-state index in [1.807, 2.05) is 0 Å². The van der Waals surface area contributed by atoms with Gasteiger partial charge in [-0.1, -0.05) is 24.3 Å². The van der Waals surface area contributed by atoms with E-state index in [2.05, 4.69) is 59.3 Å². The van der Waals surface area contributed by atoms with Crippen molar-refractivity contribution >= 4 is 22.0 Å². The van der Waals surface area contributed by atoms with Gasteiger partial charge in [-0.05, 0) is 85.7 Å². The minimum absolute atomic E-state index is 0.658. The maximum atomic E-state index is 2.56. The Morgan fingerprint density at radius 1 is 0.880 bits per heavy atom. The fourth-order valence-electron chi connectivity index (χ4n) is 5.04. The molecule has 0 saturated carbocycles. The van der Waals surface area contributed by atoms with Crippen LogP contribution in [0.5, 0.6) is 0 Å². The zero-order chi connectivity index (χ0) is 16.8. The molecule has 3 aliphatic heterocycles. The lowest BCUT2D eigenvalue weighted by atomic mass is 9.93. The first-order chi connectivity index (χ1) is 12.3. The van der Waals surface area contributed by atoms with Crippen molar-refractivity contribution in [1.82, 2.24) is 4.90 Å². The third-order valence-electron chi connectivity index (χ3n) is 6.66. The minimum Gasteiger partial charge on any atom is -0.372 e. The molecule has 2 fully saturated rings. The smallest absolute Gasteiger partial charge is 0.0372 e. The van der Waals surface area contributed by atoms with Crippen LogP contribution in [-0.4, -0.2) is 37.1 Å². The zero-order valence-electron chi connectivity index (χ0n) is 15.2. The van der Waals surface area contributed by atoms with Crippen molar-refractivity contribution in [3.05, 3.63) is 48.0 Å². The van der Waals surface area contributed by atoms with E-state index in [0.717, 1.165) is 6.04 Å². The molecule has 2 saturated heterocycles. The molecule has 25 heavy (non-hydrogen) atoms. The summed E-state index contributed by atoms with van der Waals surface area (Å²) >= 11 is 0. The van der Waals surface area contributed by atoms with Gasteiger partial charge in [0, 0.05) is 30.9 Å². The Kier molecular flexibility index (Phi) is 3.82. The van der Waals surface area contributed by atoms with Crippen LogP contribution >= 0.6 is 0 Å². The van der Waals surface area contributed by atoms with Crippen LogP contribution in [0, 0.1) is 0 Å². The number of fused-ring (bicyclic) bond motifs is 3. The molecule has 2 aromatic rings. The number of hydrogen-bond donors (Lipinski definition) is 0. The molecule has 2 bridgehead atoms. The van der Waals surface area contributed by atoms with E-state index < -0.39 is 0 Å². The van der Waals surface area contributed by atoms with Crippen molar-refractivity contribution in [2.24, 2.45) is 0 Å². The molecular formula is C23H28N2. The third kappa shape index (κ3) is 2.77. The van der Waals surface area contributed by atoms with Gasteiger partial charge < -0.3 is 4.90 Å². The Hall–Kier alpha value is -1.80. The summed E-state index contributed by atoms with van der Waals surface area (Å²) in [7, 11) is 2.29. The predicted molar refractivity (Wildman–Crippen MR) is 107 cm³/mol. The Balaban J connectivity index is 1.45. The summed E-state index contributed by atoms with van der Waals surface area (Å²) in [6, 6.07) is 15.5. The molecule has 0 radical (unpaired) electrons. The van der Waals surface area contributed by atoms with Crippen LogP contribution in [0.25, 0.3) is 16.3 Å². The average Bonchev–Trinajstić information content (AvgIpc) is 2.88. The SMILES string of the molecule is CN1C2C=C(c3ccc4cc(N5CCCCC5)ccc4c3)CC1CC2. The van der Waals surface area contributed by atoms with Gasteiger partial charge in [-0.3, -0.25) is 4.90 Å². The van der Waals surface area contributed by atoms with E-state index in [1.165, 1.54) is 73.6 Å². The van der Waals surface area contributed by atoms with Gasteiger partial charge in [-0.25, -0.2) is 0 Å². The van der Waals surface area contributed by atoms with E-state index in [-0.39, 0.29) is 0 Å². The molecular weight excluding hydrogens is 304 g/mol. The highest BCUT2D eigenvalue weighted by molar-refractivity contribution is 5.89. The highest BCUT2D eigenvalue weighted by atomic mass is 15.2. The third-order valence-corrected chi connectivity index (χ3v) is 6.66. The normalized spacial score (nSPS) is 26.9. The number of anilines is 1. The van der Waals surface area contributed by atoms with Crippen molar-refractivity contribution in [2.45, 2.75) is 50.6 Å². The van der Waals surface area contributed by atoms with Gasteiger partial charge in [0.25, 0.3) is 0 Å². The highest BCUT2D eigenvalue weighted by Gasteiger charge is 2.33. The lowest BCUT2D eigenvalue weighted by Gasteiger charge is -2.30. The van der Waals surface area contributed by atoms with Crippen LogP contribution in [0.3, 0.4) is 0 Å². The van der Waals surface area contributed by atoms with Gasteiger partial charge in [-0.15, -0.1) is 0 Å². The summed E-state index contributed by atoms with van der Waals surface area (Å²) in [5.74, 6) is 0. The van der Waals surface area contributed by atoms with E-state index in [1.54, 1.807) is 5.57 Å². The summed E-state index contributed by atoms with van der Waals surface area (Å²) in [6.07, 6.45) is 10.5. The molecule has 0 aliphatic carbocycles. The molecule has 0 N–H and O–H groups in total. The zero-order valence-corrected chi connectivity index (χ0v) is 15.2. The summed E-state index contributed by atoms with van der Waals surface area (Å²) in [6.45, 7) is 2.43. The van der Waals surface area contributed by atoms with Gasteiger partial charge in [0.1, 0.15) is 0 Å². The van der Waals surface area contributed by atoms with Crippen LogP contribution in [0.15, 0.2) is 42.5 Å². The van der Waals surface area contributed by atoms with E-state index in [4.69, 9.17) is 0 Å². The second-order valence-corrected chi connectivity index (χ2v) is 8.15. The minimum atomic E-state index is 0.658. The van der Waals surface area contributed by atoms with Crippen LogP contribution in [0.2, 0.25) is 0 Å². The Morgan fingerprint density at radius 2 is 1.68 bits per heavy atom. The average molecular weight is 332 g/mol. The number of benzene rings is 2. The quantitative estimate of drug-likeness (QED) is 0.756. The molecule has 5 rings (SSSR count). The van der Waals surface area contributed by atoms with Gasteiger partial charge in [0.05, 0.1) is 0 Å². The summed E-state index contributed by atoms with van der Waals surface area (Å²) in [5.41, 5.74) is 4.40. The van der Waals surface area contributed by atoms with E-state index >= 15 is 0 Å². The fourth-order valence-corrected chi connectivity index (χ4v) is 5.04. The predicted octanol–water partition coefficient (Wildman–Crippen LogP) is 5.08. The summed E-state index contributed by atoms with van der Waals surface area (Å²) in [5, 5.41) is 2.76. The molecule has 2 nitrogen and oxygen atoms in total. The molecule has 2 heteroatoms. The monoisotopic (exact) mass is 332 g/mol. The molecule has 130 valence electrons. The van der Waals surface area contributed by atoms with Crippen LogP contribution in [0.1, 0.15) is 44.1 Å². The maximum absolute atomic E-state index is 2.56. The van der Waals surface area contributed by atoms with Gasteiger partial charge in [0.2, 0.25) is 0 Å². The van der Waals surface area contributed by atoms with Crippen molar-refractivity contribution in [3.8, 4) is 0 Å². The highest BCUT2D eigenvalue weighted by Crippen LogP contribution is 2.38. The van der Waals surface area contributed by atoms with Gasteiger partial charge in [0.15, 0.2) is 0 Å². The van der Waals surface area contributed by atoms with E-state index in [0.29, 0.717) is 6.04 Å². The van der Waals surface area contributed by atoms with Crippen molar-refractivity contribution in [2.75, 3.05) is 25.0 Å². The molecule has 0 spiro atoms. The molecule has 3 aliphatic rings. The second-order valence-electron chi connectivity index (χ2n) is 8.15. The molecule has 0 aromatic heterocycles. The first-order valence-electron chi connectivity index (χ1n) is 10.00. The summed E-state index contributed by atoms with van der Waals surface area (Å²) < 4.78 is 0. The Labute approximate surface area is 151 Å². The van der Waals surface area contributed by atoms with Crippen LogP contribution < -0.4 is 4.90 Å². The van der Waals surface area contributed by atoms with Gasteiger partial charge in [-0.2, -0.15) is 0 Å². The number of rotatable bonds is 2.